The number of rotatable bonds is 11. The molecule has 0 aromatic heterocycles. The first-order chi connectivity index (χ1) is 23.3. The van der Waals surface area contributed by atoms with Crippen molar-refractivity contribution in [3.05, 3.63) is 101 Å². The molecule has 48 heavy (non-hydrogen) atoms. The molecule has 1 N–H and O–H groups in total. The summed E-state index contributed by atoms with van der Waals surface area (Å²) in [6.45, 7) is 3.35. The monoisotopic (exact) mass is 652 g/mol. The molecule has 1 spiro atoms. The van der Waals surface area contributed by atoms with Gasteiger partial charge in [0, 0.05) is 44.5 Å². The van der Waals surface area contributed by atoms with Gasteiger partial charge in [0.25, 0.3) is 0 Å². The smallest absolute Gasteiger partial charge is 0.250 e. The van der Waals surface area contributed by atoms with E-state index < -0.39 is 11.6 Å². The van der Waals surface area contributed by atoms with Gasteiger partial charge in [-0.05, 0) is 96.6 Å². The number of likely N-dealkylation sites (N-methyl/N-ethyl adjacent to an activating group) is 1. The van der Waals surface area contributed by atoms with Crippen molar-refractivity contribution in [1.82, 2.24) is 14.7 Å². The lowest BCUT2D eigenvalue weighted by molar-refractivity contribution is -0.135. The summed E-state index contributed by atoms with van der Waals surface area (Å²) in [6, 6.07) is 25.8. The molecule has 2 fully saturated rings. The molecule has 9 heteroatoms. The predicted octanol–water partition coefficient (Wildman–Crippen LogP) is 5.27. The van der Waals surface area contributed by atoms with Gasteiger partial charge in [-0.3, -0.25) is 9.69 Å². The lowest BCUT2D eigenvalue weighted by Crippen LogP contribution is -2.57. The summed E-state index contributed by atoms with van der Waals surface area (Å²) >= 11 is 0. The number of halogens is 1. The minimum atomic E-state index is -0.731. The zero-order valence-corrected chi connectivity index (χ0v) is 28.1. The van der Waals surface area contributed by atoms with Crippen LogP contribution >= 0.6 is 0 Å². The maximum atomic E-state index is 14.4. The summed E-state index contributed by atoms with van der Waals surface area (Å²) in [6.07, 6.45) is 2.39. The maximum absolute atomic E-state index is 14.4. The number of ether oxygens (including phenoxy) is 2. The Morgan fingerprint density at radius 1 is 0.979 bits per heavy atom. The van der Waals surface area contributed by atoms with E-state index in [1.807, 2.05) is 25.2 Å². The molecule has 7 rings (SSSR count). The number of benzene rings is 4. The van der Waals surface area contributed by atoms with Crippen molar-refractivity contribution in [3.8, 4) is 11.5 Å². The molecule has 0 saturated carbocycles. The molecule has 252 valence electrons. The number of anilines is 1. The number of aliphatic hydroxyl groups excluding tert-OH is 1. The van der Waals surface area contributed by atoms with Crippen molar-refractivity contribution >= 4 is 22.4 Å². The molecular weight excluding hydrogens is 607 g/mol. The van der Waals surface area contributed by atoms with Crippen molar-refractivity contribution in [3.63, 3.8) is 0 Å². The zero-order valence-electron chi connectivity index (χ0n) is 28.1. The zero-order chi connectivity index (χ0) is 33.4. The summed E-state index contributed by atoms with van der Waals surface area (Å²) in [4.78, 5) is 23.0. The van der Waals surface area contributed by atoms with Crippen LogP contribution in [0, 0.1) is 5.82 Å². The molecule has 8 nitrogen and oxygen atoms in total. The molecule has 2 heterocycles. The van der Waals surface area contributed by atoms with E-state index in [-0.39, 0.29) is 18.3 Å². The van der Waals surface area contributed by atoms with Crippen LogP contribution in [0.25, 0.3) is 10.8 Å². The van der Waals surface area contributed by atoms with Crippen molar-refractivity contribution in [2.45, 2.75) is 43.4 Å². The fourth-order valence-corrected chi connectivity index (χ4v) is 8.22. The Morgan fingerprint density at radius 2 is 1.71 bits per heavy atom. The largest absolute Gasteiger partial charge is 0.493 e. The third-order valence-electron chi connectivity index (χ3n) is 10.7. The van der Waals surface area contributed by atoms with Crippen LogP contribution in [0.15, 0.2) is 78.9 Å². The molecule has 0 radical (unpaired) electrons. The fourth-order valence-electron chi connectivity index (χ4n) is 8.22. The lowest BCUT2D eigenvalue weighted by atomic mass is 9.84. The summed E-state index contributed by atoms with van der Waals surface area (Å²) in [7, 11) is 5.24. The standard InChI is InChI=1S/C39H45FN4O4/c1-41(19-16-27-10-15-35(47-2)36(22-27)48-3)24-32(45)25-43-26-44(31-13-11-30(40)12-14-31)39(38(43)46)17-20-42(21-18-39)34-23-29-8-4-6-28-7-5-9-33(34)37(28)29/h4-15,22,32,34,45H,16-21,23-26H2,1-3H3. The number of piperidine rings is 1. The van der Waals surface area contributed by atoms with E-state index in [2.05, 4.69) is 51.1 Å². The van der Waals surface area contributed by atoms with Gasteiger partial charge in [0.2, 0.25) is 5.91 Å². The van der Waals surface area contributed by atoms with E-state index in [4.69, 9.17) is 9.47 Å². The van der Waals surface area contributed by atoms with Gasteiger partial charge in [0.05, 0.1) is 27.0 Å². The molecule has 2 atom stereocenters. The van der Waals surface area contributed by atoms with Gasteiger partial charge in [-0.15, -0.1) is 0 Å². The number of carbonyl (C=O) groups is 1. The van der Waals surface area contributed by atoms with Gasteiger partial charge < -0.3 is 29.3 Å². The average molecular weight is 653 g/mol. The minimum Gasteiger partial charge on any atom is -0.493 e. The number of likely N-dealkylation sites (tertiary alicyclic amines) is 1. The van der Waals surface area contributed by atoms with E-state index >= 15 is 0 Å². The Labute approximate surface area is 282 Å². The molecule has 3 aliphatic rings. The molecule has 4 aromatic carbocycles. The third-order valence-corrected chi connectivity index (χ3v) is 10.7. The maximum Gasteiger partial charge on any atom is 0.250 e. The van der Waals surface area contributed by atoms with Crippen LogP contribution in [0.5, 0.6) is 11.5 Å². The van der Waals surface area contributed by atoms with Gasteiger partial charge in [-0.25, -0.2) is 4.39 Å². The van der Waals surface area contributed by atoms with Crippen LogP contribution in [0.4, 0.5) is 10.1 Å². The Hall–Kier alpha value is -4.18. The number of carbonyl (C=O) groups excluding carboxylic acids is 1. The number of methoxy groups -OCH3 is 2. The van der Waals surface area contributed by atoms with Crippen molar-refractivity contribution in [1.29, 1.82) is 0 Å². The quantitative estimate of drug-likeness (QED) is 0.237. The number of β-amino-alcohol motifs (C(OH)–C–C–N with tert-alkyl or cyclic N) is 1. The Kier molecular flexibility index (Phi) is 9.02. The van der Waals surface area contributed by atoms with Crippen molar-refractivity contribution in [2.24, 2.45) is 0 Å². The summed E-state index contributed by atoms with van der Waals surface area (Å²) in [5.74, 6) is 1.14. The fraction of sp³-hybridized carbons (Fsp3) is 0.410. The van der Waals surface area contributed by atoms with Crippen molar-refractivity contribution < 1.29 is 23.8 Å². The molecule has 4 aromatic rings. The van der Waals surface area contributed by atoms with Gasteiger partial charge in [0.1, 0.15) is 11.4 Å². The van der Waals surface area contributed by atoms with E-state index in [1.54, 1.807) is 31.3 Å². The number of aliphatic hydroxyl groups is 1. The van der Waals surface area contributed by atoms with Crippen LogP contribution in [-0.2, 0) is 17.6 Å². The Bertz CT molecular complexity index is 1770. The van der Waals surface area contributed by atoms with Crippen LogP contribution < -0.4 is 14.4 Å². The van der Waals surface area contributed by atoms with E-state index in [0.29, 0.717) is 43.6 Å². The Balaban J connectivity index is 1.02. The molecule has 1 amide bonds. The van der Waals surface area contributed by atoms with E-state index in [0.717, 1.165) is 43.7 Å². The second-order valence-electron chi connectivity index (χ2n) is 13.6. The SMILES string of the molecule is COc1ccc(CCN(C)CC(O)CN2CN(c3ccc(F)cc3)C3(CCN(C4Cc5cccc6cccc4c56)CC3)C2=O)cc1OC. The molecule has 0 bridgehead atoms. The van der Waals surface area contributed by atoms with Crippen LogP contribution in [-0.4, -0.2) is 98.0 Å². The summed E-state index contributed by atoms with van der Waals surface area (Å²) in [5, 5.41) is 13.9. The highest BCUT2D eigenvalue weighted by Gasteiger charge is 2.54. The summed E-state index contributed by atoms with van der Waals surface area (Å²) < 4.78 is 24.8. The lowest BCUT2D eigenvalue weighted by Gasteiger charge is -2.45. The first kappa shape index (κ1) is 32.4. The molecule has 2 aliphatic heterocycles. The normalized spacial score (nSPS) is 19.5. The predicted molar refractivity (Wildman–Crippen MR) is 186 cm³/mol. The highest BCUT2D eigenvalue weighted by Crippen LogP contribution is 2.45. The van der Waals surface area contributed by atoms with E-state index in [1.165, 1.54) is 34.0 Å². The Morgan fingerprint density at radius 3 is 2.44 bits per heavy atom. The summed E-state index contributed by atoms with van der Waals surface area (Å²) in [5.41, 5.74) is 4.00. The van der Waals surface area contributed by atoms with Crippen molar-refractivity contribution in [2.75, 3.05) is 65.6 Å². The van der Waals surface area contributed by atoms with Crippen LogP contribution in [0.1, 0.15) is 35.6 Å². The number of amides is 1. The second kappa shape index (κ2) is 13.4. The molecule has 2 unspecified atom stereocenters. The first-order valence-electron chi connectivity index (χ1n) is 16.9. The first-order valence-corrected chi connectivity index (χ1v) is 16.9. The molecule has 2 saturated heterocycles. The third kappa shape index (κ3) is 5.99. The minimum absolute atomic E-state index is 0.0512. The number of hydrogen-bond acceptors (Lipinski definition) is 7. The highest BCUT2D eigenvalue weighted by atomic mass is 19.1. The number of nitrogens with zero attached hydrogens (tertiary/aromatic N) is 4. The van der Waals surface area contributed by atoms with Gasteiger partial charge >= 0.3 is 0 Å². The molecular formula is C39H45FN4O4. The van der Waals surface area contributed by atoms with Gasteiger partial charge in [-0.2, -0.15) is 0 Å². The highest BCUT2D eigenvalue weighted by molar-refractivity contribution is 5.94. The van der Waals surface area contributed by atoms with Crippen LogP contribution in [0.3, 0.4) is 0 Å². The van der Waals surface area contributed by atoms with Gasteiger partial charge in [-0.1, -0.05) is 42.5 Å². The second-order valence-corrected chi connectivity index (χ2v) is 13.6. The topological polar surface area (TPSA) is 68.7 Å². The molecule has 1 aliphatic carbocycles. The van der Waals surface area contributed by atoms with Gasteiger partial charge in [0.15, 0.2) is 11.5 Å². The van der Waals surface area contributed by atoms with Crippen LogP contribution in [0.2, 0.25) is 0 Å². The average Bonchev–Trinajstić information content (AvgIpc) is 3.60. The van der Waals surface area contributed by atoms with E-state index in [9.17, 15) is 14.3 Å². The number of hydrogen-bond donors (Lipinski definition) is 1.